The number of sulfonamides is 1. The highest BCUT2D eigenvalue weighted by atomic mass is 32.2. The standard InChI is InChI=1S/C18H20N2O3S/c1-2-23-16-5-7-17(8-6-16)24(21,22)20-12-9-14-3-4-15-10-11-19-18(15)13-14/h3-8,10-11,13,19-20H,2,9,12H2,1H3. The maximum atomic E-state index is 12.3. The minimum Gasteiger partial charge on any atom is -0.494 e. The smallest absolute Gasteiger partial charge is 0.240 e. The molecule has 3 rings (SSSR count). The summed E-state index contributed by atoms with van der Waals surface area (Å²) in [6.07, 6.45) is 2.52. The Bertz CT molecular complexity index is 915. The second-order valence-corrected chi connectivity index (χ2v) is 7.22. The number of rotatable bonds is 7. The first-order valence-electron chi connectivity index (χ1n) is 7.87. The summed E-state index contributed by atoms with van der Waals surface area (Å²) in [5.41, 5.74) is 2.14. The van der Waals surface area contributed by atoms with Crippen LogP contribution in [-0.4, -0.2) is 26.6 Å². The highest BCUT2D eigenvalue weighted by molar-refractivity contribution is 7.89. The minimum absolute atomic E-state index is 0.241. The Hall–Kier alpha value is -2.31. The van der Waals surface area contributed by atoms with E-state index in [0.29, 0.717) is 25.3 Å². The van der Waals surface area contributed by atoms with Crippen molar-refractivity contribution in [3.63, 3.8) is 0 Å². The van der Waals surface area contributed by atoms with Gasteiger partial charge in [0, 0.05) is 18.3 Å². The highest BCUT2D eigenvalue weighted by Crippen LogP contribution is 2.17. The summed E-state index contributed by atoms with van der Waals surface area (Å²) in [6, 6.07) is 14.5. The van der Waals surface area contributed by atoms with E-state index in [4.69, 9.17) is 4.74 Å². The van der Waals surface area contributed by atoms with Crippen LogP contribution in [0.4, 0.5) is 0 Å². The van der Waals surface area contributed by atoms with E-state index < -0.39 is 10.0 Å². The monoisotopic (exact) mass is 344 g/mol. The molecule has 0 saturated carbocycles. The van der Waals surface area contributed by atoms with Crippen LogP contribution in [0.15, 0.2) is 59.6 Å². The van der Waals surface area contributed by atoms with E-state index in [2.05, 4.69) is 9.71 Å². The average molecular weight is 344 g/mol. The molecule has 0 aliphatic carbocycles. The molecule has 0 radical (unpaired) electrons. The number of aromatic nitrogens is 1. The number of aromatic amines is 1. The van der Waals surface area contributed by atoms with Crippen LogP contribution in [0.5, 0.6) is 5.75 Å². The zero-order valence-electron chi connectivity index (χ0n) is 13.5. The van der Waals surface area contributed by atoms with Crippen LogP contribution in [0.2, 0.25) is 0 Å². The van der Waals surface area contributed by atoms with Crippen molar-refractivity contribution in [3.05, 3.63) is 60.3 Å². The summed E-state index contributed by atoms with van der Waals surface area (Å²) in [4.78, 5) is 3.40. The van der Waals surface area contributed by atoms with E-state index in [0.717, 1.165) is 16.5 Å². The molecule has 0 fully saturated rings. The Balaban J connectivity index is 1.61. The molecule has 126 valence electrons. The second-order valence-electron chi connectivity index (χ2n) is 5.45. The fourth-order valence-electron chi connectivity index (χ4n) is 2.55. The molecule has 0 bridgehead atoms. The van der Waals surface area contributed by atoms with Crippen molar-refractivity contribution in [2.75, 3.05) is 13.2 Å². The van der Waals surface area contributed by atoms with Gasteiger partial charge in [-0.2, -0.15) is 0 Å². The molecule has 5 nitrogen and oxygen atoms in total. The van der Waals surface area contributed by atoms with Gasteiger partial charge in [0.05, 0.1) is 11.5 Å². The van der Waals surface area contributed by atoms with Gasteiger partial charge in [0.2, 0.25) is 10.0 Å². The van der Waals surface area contributed by atoms with E-state index in [1.54, 1.807) is 24.3 Å². The molecule has 0 amide bonds. The van der Waals surface area contributed by atoms with Crippen LogP contribution in [0, 0.1) is 0 Å². The second kappa shape index (κ2) is 7.07. The van der Waals surface area contributed by atoms with E-state index in [1.165, 1.54) is 0 Å². The molecule has 0 unspecified atom stereocenters. The van der Waals surface area contributed by atoms with Crippen LogP contribution in [0.3, 0.4) is 0 Å². The lowest BCUT2D eigenvalue weighted by molar-refractivity contribution is 0.340. The number of H-pyrrole nitrogens is 1. The lowest BCUT2D eigenvalue weighted by atomic mass is 10.1. The molecule has 2 N–H and O–H groups in total. The molecule has 0 aliphatic heterocycles. The molecule has 24 heavy (non-hydrogen) atoms. The van der Waals surface area contributed by atoms with Crippen molar-refractivity contribution in [1.29, 1.82) is 0 Å². The fraction of sp³-hybridized carbons (Fsp3) is 0.222. The molecule has 3 aromatic rings. The topological polar surface area (TPSA) is 71.2 Å². The number of nitrogens with one attached hydrogen (secondary N) is 2. The van der Waals surface area contributed by atoms with Crippen LogP contribution < -0.4 is 9.46 Å². The van der Waals surface area contributed by atoms with Gasteiger partial charge in [-0.25, -0.2) is 13.1 Å². The Morgan fingerprint density at radius 1 is 1.08 bits per heavy atom. The van der Waals surface area contributed by atoms with E-state index >= 15 is 0 Å². The summed E-state index contributed by atoms with van der Waals surface area (Å²) in [5, 5.41) is 1.15. The van der Waals surface area contributed by atoms with Crippen molar-refractivity contribution in [2.45, 2.75) is 18.2 Å². The zero-order valence-corrected chi connectivity index (χ0v) is 14.3. The fourth-order valence-corrected chi connectivity index (χ4v) is 3.58. The lowest BCUT2D eigenvalue weighted by Gasteiger charge is -2.08. The van der Waals surface area contributed by atoms with Gasteiger partial charge in [-0.05, 0) is 60.7 Å². The number of hydrogen-bond acceptors (Lipinski definition) is 3. The molecule has 6 heteroatoms. The van der Waals surface area contributed by atoms with Crippen LogP contribution in [-0.2, 0) is 16.4 Å². The largest absolute Gasteiger partial charge is 0.494 e. The van der Waals surface area contributed by atoms with Crippen molar-refractivity contribution < 1.29 is 13.2 Å². The normalized spacial score (nSPS) is 11.7. The maximum absolute atomic E-state index is 12.3. The molecule has 0 saturated heterocycles. The average Bonchev–Trinajstić information content (AvgIpc) is 3.03. The summed E-state index contributed by atoms with van der Waals surface area (Å²) in [5.74, 6) is 0.663. The van der Waals surface area contributed by atoms with Crippen molar-refractivity contribution in [1.82, 2.24) is 9.71 Å². The van der Waals surface area contributed by atoms with Gasteiger partial charge >= 0.3 is 0 Å². The number of ether oxygens (including phenoxy) is 1. The SMILES string of the molecule is CCOc1ccc(S(=O)(=O)NCCc2ccc3cc[nH]c3c2)cc1. The van der Waals surface area contributed by atoms with E-state index in [9.17, 15) is 8.42 Å². The van der Waals surface area contributed by atoms with Crippen LogP contribution in [0.25, 0.3) is 10.9 Å². The first kappa shape index (κ1) is 16.5. The predicted molar refractivity (Wildman–Crippen MR) is 94.8 cm³/mol. The molecule has 2 aromatic carbocycles. The third-order valence-electron chi connectivity index (χ3n) is 3.77. The zero-order chi connectivity index (χ0) is 17.0. The first-order chi connectivity index (χ1) is 11.6. The summed E-state index contributed by atoms with van der Waals surface area (Å²) in [7, 11) is -3.51. The van der Waals surface area contributed by atoms with Crippen molar-refractivity contribution in [2.24, 2.45) is 0 Å². The molecular formula is C18H20N2O3S. The Labute approximate surface area is 141 Å². The number of hydrogen-bond donors (Lipinski definition) is 2. The maximum Gasteiger partial charge on any atom is 0.240 e. The van der Waals surface area contributed by atoms with Gasteiger partial charge in [0.25, 0.3) is 0 Å². The van der Waals surface area contributed by atoms with Gasteiger partial charge in [-0.15, -0.1) is 0 Å². The van der Waals surface area contributed by atoms with Gasteiger partial charge in [-0.3, -0.25) is 0 Å². The van der Waals surface area contributed by atoms with E-state index in [1.807, 2.05) is 37.4 Å². The summed E-state index contributed by atoms with van der Waals surface area (Å²) >= 11 is 0. The highest BCUT2D eigenvalue weighted by Gasteiger charge is 2.13. The third kappa shape index (κ3) is 3.77. The number of benzene rings is 2. The molecule has 0 aliphatic rings. The van der Waals surface area contributed by atoms with E-state index in [-0.39, 0.29) is 4.90 Å². The lowest BCUT2D eigenvalue weighted by Crippen LogP contribution is -2.25. The predicted octanol–water partition coefficient (Wildman–Crippen LogP) is 3.09. The van der Waals surface area contributed by atoms with Crippen LogP contribution in [0.1, 0.15) is 12.5 Å². The van der Waals surface area contributed by atoms with Gasteiger partial charge in [-0.1, -0.05) is 12.1 Å². The molecule has 0 atom stereocenters. The molecule has 0 spiro atoms. The minimum atomic E-state index is -3.51. The summed E-state index contributed by atoms with van der Waals surface area (Å²) in [6.45, 7) is 2.79. The third-order valence-corrected chi connectivity index (χ3v) is 5.25. The van der Waals surface area contributed by atoms with Gasteiger partial charge in [0.15, 0.2) is 0 Å². The quantitative estimate of drug-likeness (QED) is 0.692. The Morgan fingerprint density at radius 2 is 1.88 bits per heavy atom. The Kier molecular flexibility index (Phi) is 4.87. The van der Waals surface area contributed by atoms with Crippen LogP contribution >= 0.6 is 0 Å². The van der Waals surface area contributed by atoms with Crippen molar-refractivity contribution in [3.8, 4) is 5.75 Å². The van der Waals surface area contributed by atoms with Gasteiger partial charge < -0.3 is 9.72 Å². The number of fused-ring (bicyclic) bond motifs is 1. The van der Waals surface area contributed by atoms with Gasteiger partial charge in [0.1, 0.15) is 5.75 Å². The molecular weight excluding hydrogens is 324 g/mol. The van der Waals surface area contributed by atoms with Crippen molar-refractivity contribution >= 4 is 20.9 Å². The Morgan fingerprint density at radius 3 is 2.62 bits per heavy atom. The molecule has 1 aromatic heterocycles. The molecule has 1 heterocycles. The first-order valence-corrected chi connectivity index (χ1v) is 9.35. The summed E-state index contributed by atoms with van der Waals surface area (Å²) < 4.78 is 32.6.